The Morgan fingerprint density at radius 3 is 1.86 bits per heavy atom. The lowest BCUT2D eigenvalue weighted by molar-refractivity contribution is 0.162. The molecule has 0 radical (unpaired) electrons. The predicted molar refractivity (Wildman–Crippen MR) is 86.8 cm³/mol. The van der Waals surface area contributed by atoms with Gasteiger partial charge in [-0.25, -0.2) is 0 Å². The zero-order valence-corrected chi connectivity index (χ0v) is 13.5. The summed E-state index contributed by atoms with van der Waals surface area (Å²) >= 11 is 0. The van der Waals surface area contributed by atoms with Gasteiger partial charge in [0.05, 0.1) is 6.26 Å². The molecule has 118 valence electrons. The molecule has 3 nitrogen and oxygen atoms in total. The number of furan rings is 1. The molecule has 0 N–H and O–H groups in total. The average molecular weight is 290 g/mol. The summed E-state index contributed by atoms with van der Waals surface area (Å²) < 4.78 is 5.86. The number of aryl methyl sites for hydroxylation is 1. The van der Waals surface area contributed by atoms with Gasteiger partial charge in [0, 0.05) is 19.0 Å². The first kappa shape index (κ1) is 15.1. The van der Waals surface area contributed by atoms with Crippen LogP contribution in [0, 0.1) is 6.92 Å². The Morgan fingerprint density at radius 2 is 1.43 bits per heavy atom. The maximum Gasteiger partial charge on any atom is 0.112 e. The fraction of sp³-hybridized carbons (Fsp3) is 0.778. The van der Waals surface area contributed by atoms with Gasteiger partial charge >= 0.3 is 0 Å². The standard InChI is InChI=1S/C18H30N2O/c1-16-8-13-21-18(16)17(14-19-9-4-2-5-10-19)15-20-11-6-3-7-12-20/h8,13,17H,2-7,9-12,14-15H2,1H3. The van der Waals surface area contributed by atoms with Crippen LogP contribution in [0.2, 0.25) is 0 Å². The molecular formula is C18H30N2O. The number of piperidine rings is 2. The molecule has 1 aromatic rings. The number of hydrogen-bond donors (Lipinski definition) is 0. The van der Waals surface area contributed by atoms with Crippen molar-refractivity contribution in [2.24, 2.45) is 0 Å². The van der Waals surface area contributed by atoms with Gasteiger partial charge in [-0.15, -0.1) is 0 Å². The van der Waals surface area contributed by atoms with E-state index in [1.54, 1.807) is 0 Å². The summed E-state index contributed by atoms with van der Waals surface area (Å²) in [6.07, 6.45) is 10.2. The molecule has 1 aromatic heterocycles. The van der Waals surface area contributed by atoms with Crippen LogP contribution in [-0.2, 0) is 0 Å². The summed E-state index contributed by atoms with van der Waals surface area (Å²) in [5.74, 6) is 1.77. The highest BCUT2D eigenvalue weighted by Gasteiger charge is 2.24. The Balaban J connectivity index is 1.66. The minimum atomic E-state index is 0.538. The van der Waals surface area contributed by atoms with Gasteiger partial charge in [-0.2, -0.15) is 0 Å². The monoisotopic (exact) mass is 290 g/mol. The molecule has 0 aliphatic carbocycles. The first-order chi connectivity index (χ1) is 10.3. The molecule has 0 atom stereocenters. The van der Waals surface area contributed by atoms with Crippen molar-refractivity contribution in [1.82, 2.24) is 9.80 Å². The quantitative estimate of drug-likeness (QED) is 0.825. The zero-order valence-electron chi connectivity index (χ0n) is 13.5. The van der Waals surface area contributed by atoms with E-state index >= 15 is 0 Å². The van der Waals surface area contributed by atoms with Gasteiger partial charge in [0.25, 0.3) is 0 Å². The topological polar surface area (TPSA) is 19.6 Å². The number of rotatable bonds is 5. The van der Waals surface area contributed by atoms with Crippen LogP contribution in [0.15, 0.2) is 16.7 Å². The predicted octanol–water partition coefficient (Wildman–Crippen LogP) is 3.64. The Hall–Kier alpha value is -0.800. The third kappa shape index (κ3) is 4.10. The summed E-state index contributed by atoms with van der Waals surface area (Å²) in [4.78, 5) is 5.31. The number of nitrogens with zero attached hydrogens (tertiary/aromatic N) is 2. The van der Waals surface area contributed by atoms with E-state index in [2.05, 4.69) is 22.8 Å². The van der Waals surface area contributed by atoms with Crippen molar-refractivity contribution in [2.45, 2.75) is 51.4 Å². The largest absolute Gasteiger partial charge is 0.469 e. The van der Waals surface area contributed by atoms with E-state index in [9.17, 15) is 0 Å². The molecule has 21 heavy (non-hydrogen) atoms. The fourth-order valence-corrected chi connectivity index (χ4v) is 3.93. The maximum atomic E-state index is 5.86. The van der Waals surface area contributed by atoms with E-state index in [-0.39, 0.29) is 0 Å². The summed E-state index contributed by atoms with van der Waals surface area (Å²) in [6.45, 7) is 9.63. The SMILES string of the molecule is Cc1ccoc1C(CN1CCCCC1)CN1CCCCC1. The minimum Gasteiger partial charge on any atom is -0.469 e. The molecule has 2 saturated heterocycles. The van der Waals surface area contributed by atoms with Crippen molar-refractivity contribution >= 4 is 0 Å². The number of hydrogen-bond acceptors (Lipinski definition) is 3. The first-order valence-corrected chi connectivity index (χ1v) is 8.81. The molecule has 0 saturated carbocycles. The molecule has 2 aliphatic rings. The van der Waals surface area contributed by atoms with Crippen molar-refractivity contribution in [3.8, 4) is 0 Å². The van der Waals surface area contributed by atoms with E-state index in [4.69, 9.17) is 4.42 Å². The summed E-state index contributed by atoms with van der Waals surface area (Å²) in [5.41, 5.74) is 1.33. The first-order valence-electron chi connectivity index (χ1n) is 8.81. The normalized spacial score (nSPS) is 22.0. The van der Waals surface area contributed by atoms with Crippen LogP contribution in [0.1, 0.15) is 55.8 Å². The van der Waals surface area contributed by atoms with Crippen molar-refractivity contribution in [1.29, 1.82) is 0 Å². The van der Waals surface area contributed by atoms with E-state index in [0.29, 0.717) is 5.92 Å². The molecule has 0 spiro atoms. The van der Waals surface area contributed by atoms with Gasteiger partial charge in [0.15, 0.2) is 0 Å². The molecule has 0 bridgehead atoms. The summed E-state index contributed by atoms with van der Waals surface area (Å²) in [5, 5.41) is 0. The second-order valence-corrected chi connectivity index (χ2v) is 6.89. The molecule has 3 heteroatoms. The Bertz CT molecular complexity index is 397. The van der Waals surface area contributed by atoms with Crippen molar-refractivity contribution in [3.05, 3.63) is 23.7 Å². The van der Waals surface area contributed by atoms with Crippen LogP contribution in [-0.4, -0.2) is 49.1 Å². The van der Waals surface area contributed by atoms with E-state index in [1.165, 1.54) is 89.1 Å². The minimum absolute atomic E-state index is 0.538. The summed E-state index contributed by atoms with van der Waals surface area (Å²) in [6, 6.07) is 2.12. The smallest absolute Gasteiger partial charge is 0.112 e. The maximum absolute atomic E-state index is 5.86. The average Bonchev–Trinajstić information content (AvgIpc) is 2.95. The third-order valence-electron chi connectivity index (χ3n) is 5.13. The van der Waals surface area contributed by atoms with Crippen LogP contribution < -0.4 is 0 Å². The lowest BCUT2D eigenvalue weighted by Gasteiger charge is -2.34. The Kier molecular flexibility index (Phi) is 5.37. The van der Waals surface area contributed by atoms with E-state index < -0.39 is 0 Å². The van der Waals surface area contributed by atoms with Crippen LogP contribution in [0.25, 0.3) is 0 Å². The highest BCUT2D eigenvalue weighted by atomic mass is 16.3. The summed E-state index contributed by atoms with van der Waals surface area (Å²) in [7, 11) is 0. The van der Waals surface area contributed by atoms with E-state index in [0.717, 1.165) is 0 Å². The van der Waals surface area contributed by atoms with Gasteiger partial charge in [-0.05, 0) is 70.4 Å². The van der Waals surface area contributed by atoms with Gasteiger partial charge in [0.2, 0.25) is 0 Å². The molecule has 0 amide bonds. The highest BCUT2D eigenvalue weighted by Crippen LogP contribution is 2.25. The fourth-order valence-electron chi connectivity index (χ4n) is 3.93. The van der Waals surface area contributed by atoms with Gasteiger partial charge in [-0.3, -0.25) is 0 Å². The van der Waals surface area contributed by atoms with Crippen molar-refractivity contribution < 1.29 is 4.42 Å². The van der Waals surface area contributed by atoms with Gasteiger partial charge in [0.1, 0.15) is 5.76 Å². The van der Waals surface area contributed by atoms with Crippen LogP contribution in [0.5, 0.6) is 0 Å². The second kappa shape index (κ2) is 7.46. The zero-order chi connectivity index (χ0) is 14.5. The number of likely N-dealkylation sites (tertiary alicyclic amines) is 2. The van der Waals surface area contributed by atoms with Crippen molar-refractivity contribution in [3.63, 3.8) is 0 Å². The molecule has 0 aromatic carbocycles. The van der Waals surface area contributed by atoms with Crippen LogP contribution in [0.4, 0.5) is 0 Å². The van der Waals surface area contributed by atoms with Gasteiger partial charge in [-0.1, -0.05) is 12.8 Å². The molecular weight excluding hydrogens is 260 g/mol. The second-order valence-electron chi connectivity index (χ2n) is 6.89. The molecule has 2 aliphatic heterocycles. The molecule has 3 heterocycles. The van der Waals surface area contributed by atoms with Crippen LogP contribution in [0.3, 0.4) is 0 Å². The van der Waals surface area contributed by atoms with E-state index in [1.807, 2.05) is 6.26 Å². The molecule has 2 fully saturated rings. The third-order valence-corrected chi connectivity index (χ3v) is 5.13. The lowest BCUT2D eigenvalue weighted by Crippen LogP contribution is -2.39. The Morgan fingerprint density at radius 1 is 0.905 bits per heavy atom. The van der Waals surface area contributed by atoms with Crippen molar-refractivity contribution in [2.75, 3.05) is 39.3 Å². The lowest BCUT2D eigenvalue weighted by atomic mass is 9.99. The van der Waals surface area contributed by atoms with Gasteiger partial charge < -0.3 is 14.2 Å². The Labute approximate surface area is 129 Å². The molecule has 0 unspecified atom stereocenters. The van der Waals surface area contributed by atoms with Crippen LogP contribution >= 0.6 is 0 Å². The molecule has 3 rings (SSSR count). The highest BCUT2D eigenvalue weighted by molar-refractivity contribution is 5.19.